The molecule has 154 valence electrons. The molecule has 2 aromatic carbocycles. The van der Waals surface area contributed by atoms with Gasteiger partial charge in [-0.15, -0.1) is 0 Å². The van der Waals surface area contributed by atoms with Gasteiger partial charge < -0.3 is 19.4 Å². The van der Waals surface area contributed by atoms with Crippen LogP contribution < -0.4 is 0 Å². The number of rotatable bonds is 9. The SMILES string of the molecule is O=CCCCC/C=C\C[C@@H]1CO[C@H](c2ccccc2Cl)O[C@@H]1c1ccccc1O. The molecule has 0 aromatic heterocycles. The number of unbranched alkanes of at least 4 members (excludes halogenated alkanes) is 3. The van der Waals surface area contributed by atoms with Crippen LogP contribution in [0.1, 0.15) is 55.6 Å². The number of carbonyl (C=O) groups excluding carboxylic acids is 1. The first kappa shape index (κ1) is 21.6. The van der Waals surface area contributed by atoms with Gasteiger partial charge in [-0.2, -0.15) is 0 Å². The molecule has 0 spiro atoms. The first-order valence-electron chi connectivity index (χ1n) is 10.1. The Labute approximate surface area is 177 Å². The minimum atomic E-state index is -0.572. The lowest BCUT2D eigenvalue weighted by molar-refractivity contribution is -0.244. The van der Waals surface area contributed by atoms with E-state index in [0.717, 1.165) is 43.1 Å². The smallest absolute Gasteiger partial charge is 0.186 e. The minimum absolute atomic E-state index is 0.0771. The average Bonchev–Trinajstić information content (AvgIpc) is 2.74. The largest absolute Gasteiger partial charge is 0.508 e. The van der Waals surface area contributed by atoms with Gasteiger partial charge in [-0.1, -0.05) is 60.2 Å². The molecule has 1 N–H and O–H groups in total. The van der Waals surface area contributed by atoms with Gasteiger partial charge in [-0.3, -0.25) is 0 Å². The number of hydrogen-bond acceptors (Lipinski definition) is 4. The van der Waals surface area contributed by atoms with Crippen LogP contribution in [0.5, 0.6) is 5.75 Å². The topological polar surface area (TPSA) is 55.8 Å². The Hall–Kier alpha value is -2.14. The molecule has 1 fully saturated rings. The van der Waals surface area contributed by atoms with Crippen LogP contribution in [0.25, 0.3) is 0 Å². The fourth-order valence-electron chi connectivity index (χ4n) is 3.54. The summed E-state index contributed by atoms with van der Waals surface area (Å²) in [6, 6.07) is 14.8. The maximum atomic E-state index is 10.4. The molecule has 2 aromatic rings. The lowest BCUT2D eigenvalue weighted by atomic mass is 9.91. The van der Waals surface area contributed by atoms with Crippen molar-refractivity contribution in [2.45, 2.75) is 44.5 Å². The van der Waals surface area contributed by atoms with Crippen LogP contribution in [0.2, 0.25) is 5.02 Å². The molecule has 0 aliphatic carbocycles. The van der Waals surface area contributed by atoms with Crippen LogP contribution in [0.3, 0.4) is 0 Å². The van der Waals surface area contributed by atoms with Crippen molar-refractivity contribution in [3.05, 3.63) is 76.8 Å². The third kappa shape index (κ3) is 5.92. The Balaban J connectivity index is 1.71. The Bertz CT molecular complexity index is 820. The standard InChI is InChI=1S/C24H27ClO4/c25-21-14-8-6-12-19(21)24-28-17-18(11-5-3-1-2-4-10-16-26)23(29-24)20-13-7-9-15-22(20)27/h3,5-9,12-16,18,23-24,27H,1-2,4,10-11,17H2/b5-3-/t18-,23+,24+/m1/s1. The highest BCUT2D eigenvalue weighted by Crippen LogP contribution is 2.43. The summed E-state index contributed by atoms with van der Waals surface area (Å²) in [5.41, 5.74) is 1.55. The van der Waals surface area contributed by atoms with Crippen LogP contribution in [0, 0.1) is 5.92 Å². The lowest BCUT2D eigenvalue weighted by Gasteiger charge is -2.37. The molecular weight excluding hydrogens is 388 g/mol. The van der Waals surface area contributed by atoms with Crippen molar-refractivity contribution < 1.29 is 19.4 Å². The van der Waals surface area contributed by atoms with E-state index < -0.39 is 6.29 Å². The first-order chi connectivity index (χ1) is 14.2. The van der Waals surface area contributed by atoms with Gasteiger partial charge in [0.25, 0.3) is 0 Å². The summed E-state index contributed by atoms with van der Waals surface area (Å²) in [6.07, 6.45) is 8.65. The number of hydrogen-bond donors (Lipinski definition) is 1. The highest BCUT2D eigenvalue weighted by molar-refractivity contribution is 6.31. The summed E-state index contributed by atoms with van der Waals surface area (Å²) in [7, 11) is 0. The Morgan fingerprint density at radius 2 is 1.72 bits per heavy atom. The second-order valence-corrected chi connectivity index (χ2v) is 7.63. The molecule has 0 amide bonds. The predicted molar refractivity (Wildman–Crippen MR) is 114 cm³/mol. The van der Waals surface area contributed by atoms with Crippen molar-refractivity contribution in [3.63, 3.8) is 0 Å². The van der Waals surface area contributed by atoms with E-state index in [4.69, 9.17) is 21.1 Å². The van der Waals surface area contributed by atoms with Crippen LogP contribution in [-0.2, 0) is 14.3 Å². The summed E-state index contributed by atoms with van der Waals surface area (Å²) in [4.78, 5) is 10.4. The molecule has 3 rings (SSSR count). The zero-order valence-corrected chi connectivity index (χ0v) is 17.1. The van der Waals surface area contributed by atoms with E-state index in [0.29, 0.717) is 18.1 Å². The fraction of sp³-hybridized carbons (Fsp3) is 0.375. The second-order valence-electron chi connectivity index (χ2n) is 7.22. The van der Waals surface area contributed by atoms with Gasteiger partial charge in [0.2, 0.25) is 0 Å². The normalized spacial score (nSPS) is 22.0. The molecule has 1 saturated heterocycles. The zero-order chi connectivity index (χ0) is 20.5. The molecule has 0 saturated carbocycles. The fourth-order valence-corrected chi connectivity index (χ4v) is 3.76. The number of allylic oxidation sites excluding steroid dienone is 2. The third-order valence-corrected chi connectivity index (χ3v) is 5.45. The Kier molecular flexibility index (Phi) is 8.29. The molecule has 1 aliphatic rings. The van der Waals surface area contributed by atoms with E-state index in [2.05, 4.69) is 12.2 Å². The maximum absolute atomic E-state index is 10.4. The average molecular weight is 415 g/mol. The monoisotopic (exact) mass is 414 g/mol. The molecule has 0 radical (unpaired) electrons. The quantitative estimate of drug-likeness (QED) is 0.303. The number of ether oxygens (including phenoxy) is 2. The van der Waals surface area contributed by atoms with Crippen LogP contribution in [-0.4, -0.2) is 18.0 Å². The zero-order valence-electron chi connectivity index (χ0n) is 16.4. The first-order valence-corrected chi connectivity index (χ1v) is 10.5. The lowest BCUT2D eigenvalue weighted by Crippen LogP contribution is -2.30. The number of benzene rings is 2. The van der Waals surface area contributed by atoms with E-state index in [-0.39, 0.29) is 17.8 Å². The molecule has 3 atom stereocenters. The summed E-state index contributed by atoms with van der Waals surface area (Å²) in [5.74, 6) is 0.299. The van der Waals surface area contributed by atoms with Gasteiger partial charge in [0.05, 0.1) is 12.7 Å². The molecule has 1 aliphatic heterocycles. The highest BCUT2D eigenvalue weighted by atomic mass is 35.5. The van der Waals surface area contributed by atoms with Gasteiger partial charge in [-0.25, -0.2) is 0 Å². The highest BCUT2D eigenvalue weighted by Gasteiger charge is 2.35. The van der Waals surface area contributed by atoms with Crippen molar-refractivity contribution in [3.8, 4) is 5.75 Å². The Morgan fingerprint density at radius 1 is 1.00 bits per heavy atom. The molecule has 1 heterocycles. The summed E-state index contributed by atoms with van der Waals surface area (Å²) >= 11 is 6.33. The number of aldehydes is 1. The molecule has 0 bridgehead atoms. The van der Waals surface area contributed by atoms with Crippen molar-refractivity contribution in [1.82, 2.24) is 0 Å². The van der Waals surface area contributed by atoms with Gasteiger partial charge >= 0.3 is 0 Å². The van der Waals surface area contributed by atoms with Gasteiger partial charge in [0.1, 0.15) is 12.0 Å². The van der Waals surface area contributed by atoms with Crippen molar-refractivity contribution in [2.24, 2.45) is 5.92 Å². The van der Waals surface area contributed by atoms with E-state index in [1.165, 1.54) is 0 Å². The van der Waals surface area contributed by atoms with Gasteiger partial charge in [-0.05, 0) is 37.8 Å². The molecule has 5 heteroatoms. The number of phenolic OH excluding ortho intramolecular Hbond substituents is 1. The van der Waals surface area contributed by atoms with Gasteiger partial charge in [0.15, 0.2) is 6.29 Å². The number of para-hydroxylation sites is 1. The molecule has 0 unspecified atom stereocenters. The number of carbonyl (C=O) groups is 1. The van der Waals surface area contributed by atoms with E-state index in [9.17, 15) is 9.90 Å². The predicted octanol–water partition coefficient (Wildman–Crippen LogP) is 6.15. The van der Waals surface area contributed by atoms with Gasteiger partial charge in [0, 0.05) is 28.5 Å². The minimum Gasteiger partial charge on any atom is -0.508 e. The number of aromatic hydroxyl groups is 1. The van der Waals surface area contributed by atoms with E-state index in [1.54, 1.807) is 12.1 Å². The second kappa shape index (κ2) is 11.1. The summed E-state index contributed by atoms with van der Waals surface area (Å²) in [6.45, 7) is 0.504. The van der Waals surface area contributed by atoms with Crippen LogP contribution in [0.15, 0.2) is 60.7 Å². The van der Waals surface area contributed by atoms with E-state index in [1.807, 2.05) is 36.4 Å². The van der Waals surface area contributed by atoms with E-state index >= 15 is 0 Å². The third-order valence-electron chi connectivity index (χ3n) is 5.11. The molecule has 29 heavy (non-hydrogen) atoms. The van der Waals surface area contributed by atoms with Crippen molar-refractivity contribution in [2.75, 3.05) is 6.61 Å². The summed E-state index contributed by atoms with van der Waals surface area (Å²) < 4.78 is 12.3. The molecule has 4 nitrogen and oxygen atoms in total. The van der Waals surface area contributed by atoms with Crippen LogP contribution in [0.4, 0.5) is 0 Å². The van der Waals surface area contributed by atoms with Crippen molar-refractivity contribution >= 4 is 17.9 Å². The molecular formula is C24H27ClO4. The van der Waals surface area contributed by atoms with Crippen molar-refractivity contribution in [1.29, 1.82) is 0 Å². The number of phenols is 1. The summed E-state index contributed by atoms with van der Waals surface area (Å²) in [5, 5.41) is 11.0. The maximum Gasteiger partial charge on any atom is 0.186 e. The van der Waals surface area contributed by atoms with Crippen LogP contribution >= 0.6 is 11.6 Å². The number of halogens is 1. The Morgan fingerprint density at radius 3 is 2.48 bits per heavy atom.